The van der Waals surface area contributed by atoms with Gasteiger partial charge in [-0.15, -0.1) is 0 Å². The summed E-state index contributed by atoms with van der Waals surface area (Å²) in [7, 11) is -5.64. The number of hydrogen-bond donors (Lipinski definition) is 2. The number of hydrogen-bond acceptors (Lipinski definition) is 5. The van der Waals surface area contributed by atoms with Crippen LogP contribution >= 0.6 is 0 Å². The zero-order valence-corrected chi connectivity index (χ0v) is 19.6. The van der Waals surface area contributed by atoms with Crippen molar-refractivity contribution in [3.63, 3.8) is 0 Å². The van der Waals surface area contributed by atoms with Gasteiger partial charge < -0.3 is 4.74 Å². The van der Waals surface area contributed by atoms with Crippen molar-refractivity contribution in [1.29, 1.82) is 0 Å². The van der Waals surface area contributed by atoms with E-state index in [4.69, 9.17) is 4.74 Å². The topological polar surface area (TPSA) is 102 Å². The first-order chi connectivity index (χ1) is 14.7. The van der Waals surface area contributed by atoms with Crippen LogP contribution in [-0.4, -0.2) is 36.5 Å². The Morgan fingerprint density at radius 1 is 0.903 bits per heavy atom. The summed E-state index contributed by atoms with van der Waals surface area (Å²) in [4.78, 5) is 0.414. The second-order valence-electron chi connectivity index (χ2n) is 7.88. The smallest absolute Gasteiger partial charge is 0.240 e. The Labute approximate surface area is 185 Å². The summed E-state index contributed by atoms with van der Waals surface area (Å²) in [5, 5.41) is 0. The van der Waals surface area contributed by atoms with Crippen LogP contribution in [0.1, 0.15) is 43.2 Å². The van der Waals surface area contributed by atoms with Gasteiger partial charge in [-0.3, -0.25) is 0 Å². The minimum Gasteiger partial charge on any atom is -0.496 e. The molecule has 1 saturated carbocycles. The molecule has 170 valence electrons. The molecule has 3 rings (SSSR count). The number of methoxy groups -OCH3 is 1. The molecule has 1 aliphatic rings. The molecule has 0 aliphatic heterocycles. The molecule has 1 aliphatic carbocycles. The van der Waals surface area contributed by atoms with Crippen LogP contribution in [0.3, 0.4) is 0 Å². The van der Waals surface area contributed by atoms with E-state index in [-0.39, 0.29) is 22.4 Å². The van der Waals surface area contributed by atoms with Crippen LogP contribution in [0.25, 0.3) is 0 Å². The number of ether oxygens (including phenoxy) is 1. The second-order valence-corrected chi connectivity index (χ2v) is 11.4. The highest BCUT2D eigenvalue weighted by atomic mass is 32.2. The standard InChI is InChI=1S/C22H30N2O5S2/c1-17-16-21(12-13-22(17)29-2)30(25,26)23-15-14-18-8-10-20(11-9-18)31(27,28)24-19-6-4-3-5-7-19/h8-13,16,19,23-24H,3-7,14-15H2,1-2H3. The van der Waals surface area contributed by atoms with E-state index in [1.165, 1.54) is 13.2 Å². The van der Waals surface area contributed by atoms with E-state index in [0.717, 1.165) is 43.2 Å². The van der Waals surface area contributed by atoms with Crippen molar-refractivity contribution >= 4 is 20.0 Å². The first-order valence-corrected chi connectivity index (χ1v) is 13.4. The van der Waals surface area contributed by atoms with Crippen LogP contribution in [0.2, 0.25) is 0 Å². The Kier molecular flexibility index (Phi) is 7.74. The Bertz CT molecular complexity index is 1090. The SMILES string of the molecule is COc1ccc(S(=O)(=O)NCCc2ccc(S(=O)(=O)NC3CCCCC3)cc2)cc1C. The normalized spacial score (nSPS) is 15.7. The summed E-state index contributed by atoms with van der Waals surface area (Å²) in [6.45, 7) is 2.00. The van der Waals surface area contributed by atoms with Gasteiger partial charge in [0, 0.05) is 12.6 Å². The molecule has 2 aromatic rings. The molecular formula is C22H30N2O5S2. The highest BCUT2D eigenvalue weighted by Crippen LogP contribution is 2.22. The van der Waals surface area contributed by atoms with Gasteiger partial charge in [0.1, 0.15) is 5.75 Å². The van der Waals surface area contributed by atoms with Gasteiger partial charge in [-0.05, 0) is 67.6 Å². The first-order valence-electron chi connectivity index (χ1n) is 10.5. The lowest BCUT2D eigenvalue weighted by Crippen LogP contribution is -2.36. The molecule has 0 aromatic heterocycles. The van der Waals surface area contributed by atoms with Crippen LogP contribution < -0.4 is 14.2 Å². The molecule has 7 nitrogen and oxygen atoms in total. The summed E-state index contributed by atoms with van der Waals surface area (Å²) in [6, 6.07) is 11.3. The summed E-state index contributed by atoms with van der Waals surface area (Å²) >= 11 is 0. The van der Waals surface area contributed by atoms with Gasteiger partial charge in [0.15, 0.2) is 0 Å². The quantitative estimate of drug-likeness (QED) is 0.591. The molecule has 31 heavy (non-hydrogen) atoms. The average Bonchev–Trinajstić information content (AvgIpc) is 2.74. The predicted octanol–water partition coefficient (Wildman–Crippen LogP) is 3.14. The molecule has 0 radical (unpaired) electrons. The molecule has 0 spiro atoms. The maximum absolute atomic E-state index is 12.6. The molecular weight excluding hydrogens is 436 g/mol. The Hall–Kier alpha value is -1.94. The van der Waals surface area contributed by atoms with E-state index in [1.807, 2.05) is 0 Å². The highest BCUT2D eigenvalue weighted by Gasteiger charge is 2.21. The minimum atomic E-state index is -3.64. The van der Waals surface area contributed by atoms with Gasteiger partial charge in [0.25, 0.3) is 0 Å². The largest absolute Gasteiger partial charge is 0.496 e. The lowest BCUT2D eigenvalue weighted by Gasteiger charge is -2.22. The summed E-state index contributed by atoms with van der Waals surface area (Å²) < 4.78 is 60.7. The van der Waals surface area contributed by atoms with Crippen LogP contribution in [0, 0.1) is 6.92 Å². The average molecular weight is 467 g/mol. The van der Waals surface area contributed by atoms with Gasteiger partial charge in [-0.2, -0.15) is 0 Å². The van der Waals surface area contributed by atoms with Crippen LogP contribution in [0.15, 0.2) is 52.3 Å². The van der Waals surface area contributed by atoms with Gasteiger partial charge in [0.05, 0.1) is 16.9 Å². The van der Waals surface area contributed by atoms with E-state index in [1.54, 1.807) is 43.3 Å². The number of rotatable bonds is 9. The molecule has 0 heterocycles. The van der Waals surface area contributed by atoms with Crippen molar-refractivity contribution in [3.05, 3.63) is 53.6 Å². The van der Waals surface area contributed by atoms with Crippen molar-refractivity contribution < 1.29 is 21.6 Å². The molecule has 2 N–H and O–H groups in total. The van der Waals surface area contributed by atoms with Crippen LogP contribution in [0.5, 0.6) is 5.75 Å². The maximum Gasteiger partial charge on any atom is 0.240 e. The Balaban J connectivity index is 1.57. The molecule has 0 unspecified atom stereocenters. The number of aryl methyl sites for hydroxylation is 1. The molecule has 1 fully saturated rings. The number of sulfonamides is 2. The molecule has 0 saturated heterocycles. The Morgan fingerprint density at radius 3 is 2.16 bits per heavy atom. The van der Waals surface area contributed by atoms with E-state index in [9.17, 15) is 16.8 Å². The lowest BCUT2D eigenvalue weighted by molar-refractivity contribution is 0.411. The second kappa shape index (κ2) is 10.1. The van der Waals surface area contributed by atoms with Crippen molar-refractivity contribution in [1.82, 2.24) is 9.44 Å². The summed E-state index contributed by atoms with van der Waals surface area (Å²) in [5.74, 6) is 0.631. The van der Waals surface area contributed by atoms with Gasteiger partial charge in [-0.1, -0.05) is 31.4 Å². The van der Waals surface area contributed by atoms with E-state index in [0.29, 0.717) is 12.2 Å². The van der Waals surface area contributed by atoms with Crippen molar-refractivity contribution in [2.45, 2.75) is 61.3 Å². The highest BCUT2D eigenvalue weighted by molar-refractivity contribution is 7.89. The van der Waals surface area contributed by atoms with Crippen molar-refractivity contribution in [2.24, 2.45) is 0 Å². The summed E-state index contributed by atoms with van der Waals surface area (Å²) in [5.41, 5.74) is 1.59. The molecule has 0 atom stereocenters. The van der Waals surface area contributed by atoms with Gasteiger partial charge >= 0.3 is 0 Å². The van der Waals surface area contributed by atoms with Crippen LogP contribution in [0.4, 0.5) is 0 Å². The van der Waals surface area contributed by atoms with E-state index in [2.05, 4.69) is 9.44 Å². The monoisotopic (exact) mass is 466 g/mol. The third-order valence-electron chi connectivity index (χ3n) is 5.54. The number of nitrogens with one attached hydrogen (secondary N) is 2. The summed E-state index contributed by atoms with van der Waals surface area (Å²) in [6.07, 6.45) is 5.48. The van der Waals surface area contributed by atoms with Gasteiger partial charge in [0.2, 0.25) is 20.0 Å². The number of benzene rings is 2. The lowest BCUT2D eigenvalue weighted by atomic mass is 9.96. The van der Waals surface area contributed by atoms with Crippen molar-refractivity contribution in [3.8, 4) is 5.75 Å². The Morgan fingerprint density at radius 2 is 1.55 bits per heavy atom. The molecule has 9 heteroatoms. The molecule has 2 aromatic carbocycles. The molecule has 0 amide bonds. The zero-order valence-electron chi connectivity index (χ0n) is 17.9. The predicted molar refractivity (Wildman–Crippen MR) is 120 cm³/mol. The van der Waals surface area contributed by atoms with E-state index < -0.39 is 20.0 Å². The first kappa shape index (κ1) is 23.7. The maximum atomic E-state index is 12.6. The fraction of sp³-hybridized carbons (Fsp3) is 0.455. The van der Waals surface area contributed by atoms with Crippen molar-refractivity contribution in [2.75, 3.05) is 13.7 Å². The van der Waals surface area contributed by atoms with E-state index >= 15 is 0 Å². The van der Waals surface area contributed by atoms with Gasteiger partial charge in [-0.25, -0.2) is 26.3 Å². The molecule has 0 bridgehead atoms. The fourth-order valence-electron chi connectivity index (χ4n) is 3.77. The third-order valence-corrected chi connectivity index (χ3v) is 8.54. The fourth-order valence-corrected chi connectivity index (χ4v) is 6.20. The minimum absolute atomic E-state index is 0.00873. The van der Waals surface area contributed by atoms with Crippen LogP contribution in [-0.2, 0) is 26.5 Å². The third kappa shape index (κ3) is 6.29. The zero-order chi connectivity index (χ0) is 22.5.